The predicted octanol–water partition coefficient (Wildman–Crippen LogP) is 0.698. The third-order valence-electron chi connectivity index (χ3n) is 2.69. The lowest BCUT2D eigenvalue weighted by Gasteiger charge is -2.18. The molecule has 6 nitrogen and oxygen atoms in total. The van der Waals surface area contributed by atoms with Crippen LogP contribution in [0.2, 0.25) is 0 Å². The van der Waals surface area contributed by atoms with Crippen molar-refractivity contribution >= 4 is 32.2 Å². The van der Waals surface area contributed by atoms with Crippen LogP contribution in [0.1, 0.15) is 6.92 Å². The Balaban J connectivity index is 3.07. The quantitative estimate of drug-likeness (QED) is 0.753. The molecule has 2 unspecified atom stereocenters. The van der Waals surface area contributed by atoms with E-state index in [2.05, 4.69) is 5.32 Å². The van der Waals surface area contributed by atoms with Crippen LogP contribution >= 0.6 is 0 Å². The second-order valence-electron chi connectivity index (χ2n) is 4.82. The molecule has 0 aliphatic carbocycles. The molecule has 1 aromatic rings. The van der Waals surface area contributed by atoms with Gasteiger partial charge in [0.1, 0.15) is 0 Å². The summed E-state index contributed by atoms with van der Waals surface area (Å²) in [5.41, 5.74) is 6.83. The topological polar surface area (TPSA) is 92.5 Å². The summed E-state index contributed by atoms with van der Waals surface area (Å²) in [6, 6.07) is 4.45. The molecule has 0 radical (unpaired) electrons. The number of rotatable bonds is 6. The molecular formula is C12H21N3O3S2. The highest BCUT2D eigenvalue weighted by molar-refractivity contribution is 7.89. The first-order chi connectivity index (χ1) is 9.14. The maximum absolute atomic E-state index is 12.1. The fraction of sp³-hybridized carbons (Fsp3) is 0.500. The number of benzene rings is 1. The zero-order chi connectivity index (χ0) is 15.5. The Bertz CT molecular complexity index is 600. The van der Waals surface area contributed by atoms with E-state index >= 15 is 0 Å². The Morgan fingerprint density at radius 3 is 2.50 bits per heavy atom. The van der Waals surface area contributed by atoms with E-state index in [-0.39, 0.29) is 10.9 Å². The standard InChI is InChI=1S/C12H21N3O3S2/c1-9(8-19(4)16)14-12-7-10(5-6-11(12)13)20(17,18)15(2)3/h5-7,9,14H,8,13H2,1-4H3. The lowest BCUT2D eigenvalue weighted by molar-refractivity contribution is 0.521. The molecule has 0 aromatic heterocycles. The van der Waals surface area contributed by atoms with E-state index in [0.717, 1.165) is 4.31 Å². The van der Waals surface area contributed by atoms with Crippen LogP contribution in [-0.4, -0.2) is 49.1 Å². The van der Waals surface area contributed by atoms with Crippen molar-refractivity contribution in [1.29, 1.82) is 0 Å². The van der Waals surface area contributed by atoms with Gasteiger partial charge in [-0.2, -0.15) is 0 Å². The number of nitrogens with two attached hydrogens (primary N) is 1. The number of anilines is 2. The van der Waals surface area contributed by atoms with Gasteiger partial charge in [-0.25, -0.2) is 12.7 Å². The highest BCUT2D eigenvalue weighted by atomic mass is 32.2. The van der Waals surface area contributed by atoms with Crippen molar-refractivity contribution in [2.45, 2.75) is 17.9 Å². The Hall–Kier alpha value is -1.12. The zero-order valence-electron chi connectivity index (χ0n) is 12.1. The van der Waals surface area contributed by atoms with Gasteiger partial charge in [0.05, 0.1) is 16.3 Å². The first-order valence-electron chi connectivity index (χ1n) is 6.03. The van der Waals surface area contributed by atoms with Gasteiger partial charge in [0.25, 0.3) is 0 Å². The molecule has 0 saturated heterocycles. The van der Waals surface area contributed by atoms with Gasteiger partial charge < -0.3 is 11.1 Å². The molecule has 0 aliphatic rings. The minimum atomic E-state index is -3.50. The van der Waals surface area contributed by atoms with E-state index in [1.807, 2.05) is 6.92 Å². The number of nitrogen functional groups attached to an aromatic ring is 1. The molecule has 2 atom stereocenters. The summed E-state index contributed by atoms with van der Waals surface area (Å²) in [5, 5.41) is 3.09. The summed E-state index contributed by atoms with van der Waals surface area (Å²) in [6.45, 7) is 1.87. The van der Waals surface area contributed by atoms with Crippen molar-refractivity contribution in [2.24, 2.45) is 0 Å². The predicted molar refractivity (Wildman–Crippen MR) is 83.7 cm³/mol. The number of hydrogen-bond donors (Lipinski definition) is 2. The molecule has 114 valence electrons. The van der Waals surface area contributed by atoms with Crippen LogP contribution in [0, 0.1) is 0 Å². The third-order valence-corrected chi connectivity index (χ3v) is 5.47. The smallest absolute Gasteiger partial charge is 0.242 e. The monoisotopic (exact) mass is 319 g/mol. The normalized spacial score (nSPS) is 15.1. The van der Waals surface area contributed by atoms with Crippen molar-refractivity contribution in [1.82, 2.24) is 4.31 Å². The van der Waals surface area contributed by atoms with E-state index in [1.54, 1.807) is 12.3 Å². The molecule has 0 spiro atoms. The van der Waals surface area contributed by atoms with Crippen LogP contribution in [0.3, 0.4) is 0 Å². The van der Waals surface area contributed by atoms with E-state index in [9.17, 15) is 12.6 Å². The van der Waals surface area contributed by atoms with Gasteiger partial charge in [0.2, 0.25) is 10.0 Å². The largest absolute Gasteiger partial charge is 0.397 e. The van der Waals surface area contributed by atoms with Crippen molar-refractivity contribution < 1.29 is 12.6 Å². The fourth-order valence-electron chi connectivity index (χ4n) is 1.69. The van der Waals surface area contributed by atoms with Gasteiger partial charge >= 0.3 is 0 Å². The molecule has 8 heteroatoms. The molecule has 0 aliphatic heterocycles. The molecule has 1 aromatic carbocycles. The van der Waals surface area contributed by atoms with E-state index in [1.165, 1.54) is 26.2 Å². The number of nitrogens with zero attached hydrogens (tertiary/aromatic N) is 1. The van der Waals surface area contributed by atoms with E-state index in [4.69, 9.17) is 5.73 Å². The van der Waals surface area contributed by atoms with Crippen LogP contribution in [0.15, 0.2) is 23.1 Å². The maximum atomic E-state index is 12.1. The maximum Gasteiger partial charge on any atom is 0.242 e. The summed E-state index contributed by atoms with van der Waals surface area (Å²) in [7, 11) is -1.48. The van der Waals surface area contributed by atoms with Gasteiger partial charge in [-0.3, -0.25) is 4.21 Å². The van der Waals surface area contributed by atoms with Gasteiger partial charge in [-0.15, -0.1) is 0 Å². The van der Waals surface area contributed by atoms with Crippen LogP contribution in [0.5, 0.6) is 0 Å². The van der Waals surface area contributed by atoms with Gasteiger partial charge in [0, 0.05) is 42.9 Å². The number of nitrogens with one attached hydrogen (secondary N) is 1. The van der Waals surface area contributed by atoms with Crippen LogP contribution in [0.25, 0.3) is 0 Å². The molecule has 0 amide bonds. The minimum Gasteiger partial charge on any atom is -0.397 e. The second kappa shape index (κ2) is 6.55. The van der Waals surface area contributed by atoms with Gasteiger partial charge in [-0.1, -0.05) is 0 Å². The highest BCUT2D eigenvalue weighted by Crippen LogP contribution is 2.24. The summed E-state index contributed by atoms with van der Waals surface area (Å²) in [5.74, 6) is 0.462. The van der Waals surface area contributed by atoms with Crippen molar-refractivity contribution in [2.75, 3.05) is 37.2 Å². The Kier molecular flexibility index (Phi) is 5.55. The lowest BCUT2D eigenvalue weighted by Crippen LogP contribution is -2.24. The molecule has 0 bridgehead atoms. The lowest BCUT2D eigenvalue weighted by atomic mass is 10.2. The Morgan fingerprint density at radius 1 is 1.40 bits per heavy atom. The fourth-order valence-corrected chi connectivity index (χ4v) is 3.41. The Labute approximate surface area is 122 Å². The molecule has 0 fully saturated rings. The van der Waals surface area contributed by atoms with Crippen molar-refractivity contribution in [3.05, 3.63) is 18.2 Å². The van der Waals surface area contributed by atoms with Gasteiger partial charge in [0.15, 0.2) is 0 Å². The van der Waals surface area contributed by atoms with E-state index < -0.39 is 20.8 Å². The highest BCUT2D eigenvalue weighted by Gasteiger charge is 2.18. The first kappa shape index (κ1) is 16.9. The second-order valence-corrected chi connectivity index (χ2v) is 8.45. The summed E-state index contributed by atoms with van der Waals surface area (Å²) < 4.78 is 36.5. The van der Waals surface area contributed by atoms with E-state index in [0.29, 0.717) is 17.1 Å². The summed E-state index contributed by atoms with van der Waals surface area (Å²) in [4.78, 5) is 0.170. The Morgan fingerprint density at radius 2 is 2.00 bits per heavy atom. The molecule has 3 N–H and O–H groups in total. The van der Waals surface area contributed by atoms with Crippen molar-refractivity contribution in [3.8, 4) is 0 Å². The summed E-state index contributed by atoms with van der Waals surface area (Å²) >= 11 is 0. The number of hydrogen-bond acceptors (Lipinski definition) is 5. The van der Waals surface area contributed by atoms with Crippen LogP contribution < -0.4 is 11.1 Å². The molecule has 1 rings (SSSR count). The van der Waals surface area contributed by atoms with Crippen molar-refractivity contribution in [3.63, 3.8) is 0 Å². The number of sulfonamides is 1. The molecule has 0 saturated carbocycles. The third kappa shape index (κ3) is 4.19. The zero-order valence-corrected chi connectivity index (χ0v) is 13.7. The minimum absolute atomic E-state index is 0.0690. The molecular weight excluding hydrogens is 298 g/mol. The SMILES string of the molecule is CC(CS(C)=O)Nc1cc(S(=O)(=O)N(C)C)ccc1N. The van der Waals surface area contributed by atoms with Crippen LogP contribution in [-0.2, 0) is 20.8 Å². The molecule has 20 heavy (non-hydrogen) atoms. The average molecular weight is 319 g/mol. The molecule has 0 heterocycles. The van der Waals surface area contributed by atoms with Crippen LogP contribution in [0.4, 0.5) is 11.4 Å². The first-order valence-corrected chi connectivity index (χ1v) is 9.20. The average Bonchev–Trinajstić information content (AvgIpc) is 2.30. The summed E-state index contributed by atoms with van der Waals surface area (Å²) in [6.07, 6.45) is 1.62. The van der Waals surface area contributed by atoms with Gasteiger partial charge in [-0.05, 0) is 25.1 Å².